The minimum Gasteiger partial charge on any atom is -0.381 e. The van der Waals surface area contributed by atoms with Gasteiger partial charge in [0.05, 0.1) is 18.5 Å². The summed E-state index contributed by atoms with van der Waals surface area (Å²) in [4.78, 5) is 8.96. The Kier molecular flexibility index (Phi) is 4.14. The van der Waals surface area contributed by atoms with Crippen LogP contribution in [0.25, 0.3) is 28.0 Å². The molecule has 0 amide bonds. The standard InChI is InChI=1S/C22H20N6O/c1-22(5-9-29-15-22)14-28-13-17(12-25-28)19-3-2-18(11-23)26-21(19)16-4-7-27-8-6-24-20(27)10-16/h2-4,6-8,10,12-13H,5,9,14-15H2,1H3. The number of fused-ring (bicyclic) bond motifs is 1. The highest BCUT2D eigenvalue weighted by molar-refractivity contribution is 5.81. The average Bonchev–Trinajstić information content (AvgIpc) is 3.48. The van der Waals surface area contributed by atoms with E-state index in [1.807, 2.05) is 52.1 Å². The van der Waals surface area contributed by atoms with Crippen molar-refractivity contribution in [2.75, 3.05) is 13.2 Å². The molecule has 5 rings (SSSR count). The molecule has 0 radical (unpaired) electrons. The van der Waals surface area contributed by atoms with Crippen molar-refractivity contribution in [3.8, 4) is 28.5 Å². The lowest BCUT2D eigenvalue weighted by Gasteiger charge is -2.21. The number of aromatic nitrogens is 5. The van der Waals surface area contributed by atoms with E-state index in [1.165, 1.54) is 0 Å². The van der Waals surface area contributed by atoms with Crippen LogP contribution in [0.5, 0.6) is 0 Å². The van der Waals surface area contributed by atoms with E-state index in [0.717, 1.165) is 54.2 Å². The molecule has 0 saturated carbocycles. The van der Waals surface area contributed by atoms with Crippen molar-refractivity contribution in [2.45, 2.75) is 19.9 Å². The van der Waals surface area contributed by atoms with Crippen LogP contribution < -0.4 is 0 Å². The first-order chi connectivity index (χ1) is 14.1. The summed E-state index contributed by atoms with van der Waals surface area (Å²) in [7, 11) is 0. The Balaban J connectivity index is 1.56. The number of imidazole rings is 1. The number of nitrogens with zero attached hydrogens (tertiary/aromatic N) is 6. The van der Waals surface area contributed by atoms with Gasteiger partial charge in [-0.25, -0.2) is 9.97 Å². The predicted molar refractivity (Wildman–Crippen MR) is 108 cm³/mol. The minimum atomic E-state index is 0.112. The third-order valence-electron chi connectivity index (χ3n) is 5.47. The largest absolute Gasteiger partial charge is 0.381 e. The second-order valence-corrected chi connectivity index (χ2v) is 7.85. The molecule has 1 fully saturated rings. The molecule has 29 heavy (non-hydrogen) atoms. The second kappa shape index (κ2) is 6.83. The smallest absolute Gasteiger partial charge is 0.141 e. The summed E-state index contributed by atoms with van der Waals surface area (Å²) < 4.78 is 9.49. The van der Waals surface area contributed by atoms with Gasteiger partial charge >= 0.3 is 0 Å². The van der Waals surface area contributed by atoms with Crippen molar-refractivity contribution in [3.05, 3.63) is 60.9 Å². The molecule has 0 aliphatic carbocycles. The summed E-state index contributed by atoms with van der Waals surface area (Å²) in [6.45, 7) is 4.61. The molecule has 5 heterocycles. The first-order valence-corrected chi connectivity index (χ1v) is 9.58. The van der Waals surface area contributed by atoms with Gasteiger partial charge in [-0.3, -0.25) is 4.68 Å². The van der Waals surface area contributed by atoms with Crippen LogP contribution in [0.4, 0.5) is 0 Å². The van der Waals surface area contributed by atoms with E-state index >= 15 is 0 Å². The lowest BCUT2D eigenvalue weighted by atomic mass is 9.90. The highest BCUT2D eigenvalue weighted by atomic mass is 16.5. The molecule has 1 saturated heterocycles. The third kappa shape index (κ3) is 3.28. The van der Waals surface area contributed by atoms with Gasteiger partial charge in [0.25, 0.3) is 0 Å². The van der Waals surface area contributed by atoms with E-state index in [1.54, 1.807) is 12.3 Å². The Morgan fingerprint density at radius 2 is 2.17 bits per heavy atom. The zero-order valence-corrected chi connectivity index (χ0v) is 16.1. The Morgan fingerprint density at radius 1 is 1.24 bits per heavy atom. The molecule has 1 aliphatic heterocycles. The first kappa shape index (κ1) is 17.6. The van der Waals surface area contributed by atoms with Gasteiger partial charge in [0.1, 0.15) is 17.4 Å². The van der Waals surface area contributed by atoms with Crippen LogP contribution in [0.2, 0.25) is 0 Å². The predicted octanol–water partition coefficient (Wildman–Crippen LogP) is 3.56. The number of nitriles is 1. The van der Waals surface area contributed by atoms with Crippen molar-refractivity contribution >= 4 is 5.65 Å². The normalized spacial score (nSPS) is 18.9. The second-order valence-electron chi connectivity index (χ2n) is 7.85. The van der Waals surface area contributed by atoms with Crippen LogP contribution in [-0.4, -0.2) is 37.4 Å². The van der Waals surface area contributed by atoms with E-state index in [-0.39, 0.29) is 5.41 Å². The van der Waals surface area contributed by atoms with E-state index in [2.05, 4.69) is 28.1 Å². The Morgan fingerprint density at radius 3 is 3.00 bits per heavy atom. The van der Waals surface area contributed by atoms with Crippen molar-refractivity contribution in [1.82, 2.24) is 24.1 Å². The Hall–Kier alpha value is -3.50. The molecule has 7 nitrogen and oxygen atoms in total. The summed E-state index contributed by atoms with van der Waals surface area (Å²) >= 11 is 0. The van der Waals surface area contributed by atoms with Gasteiger partial charge < -0.3 is 9.14 Å². The highest BCUT2D eigenvalue weighted by Gasteiger charge is 2.30. The fourth-order valence-corrected chi connectivity index (χ4v) is 3.85. The molecule has 4 aromatic rings. The van der Waals surface area contributed by atoms with Gasteiger partial charge in [-0.15, -0.1) is 0 Å². The molecule has 0 spiro atoms. The van der Waals surface area contributed by atoms with Gasteiger partial charge in [-0.2, -0.15) is 10.4 Å². The van der Waals surface area contributed by atoms with Crippen LogP contribution in [0.1, 0.15) is 19.0 Å². The highest BCUT2D eigenvalue weighted by Crippen LogP contribution is 2.33. The summed E-state index contributed by atoms with van der Waals surface area (Å²) in [6, 6.07) is 9.80. The van der Waals surface area contributed by atoms with Crippen molar-refractivity contribution in [3.63, 3.8) is 0 Å². The van der Waals surface area contributed by atoms with Gasteiger partial charge in [-0.1, -0.05) is 6.92 Å². The lowest BCUT2D eigenvalue weighted by Crippen LogP contribution is -2.23. The van der Waals surface area contributed by atoms with Crippen LogP contribution in [0.3, 0.4) is 0 Å². The Labute approximate surface area is 168 Å². The molecule has 0 bridgehead atoms. The summed E-state index contributed by atoms with van der Waals surface area (Å²) in [5.74, 6) is 0. The van der Waals surface area contributed by atoms with Gasteiger partial charge in [-0.05, 0) is 30.7 Å². The third-order valence-corrected chi connectivity index (χ3v) is 5.47. The zero-order valence-electron chi connectivity index (χ0n) is 16.1. The maximum atomic E-state index is 9.34. The Bertz CT molecular complexity index is 1230. The molecule has 7 heteroatoms. The summed E-state index contributed by atoms with van der Waals surface area (Å²) in [6.07, 6.45) is 10.6. The summed E-state index contributed by atoms with van der Waals surface area (Å²) in [5, 5.41) is 13.9. The van der Waals surface area contributed by atoms with E-state index in [9.17, 15) is 5.26 Å². The molecule has 144 valence electrons. The number of hydrogen-bond donors (Lipinski definition) is 0. The van der Waals surface area contributed by atoms with Gasteiger partial charge in [0.15, 0.2) is 0 Å². The van der Waals surface area contributed by atoms with Crippen LogP contribution in [0, 0.1) is 16.7 Å². The fourth-order valence-electron chi connectivity index (χ4n) is 3.85. The van der Waals surface area contributed by atoms with E-state index in [0.29, 0.717) is 5.69 Å². The van der Waals surface area contributed by atoms with Crippen LogP contribution in [-0.2, 0) is 11.3 Å². The number of hydrogen-bond acceptors (Lipinski definition) is 5. The molecule has 1 atom stereocenters. The average molecular weight is 384 g/mol. The number of ether oxygens (including phenoxy) is 1. The van der Waals surface area contributed by atoms with E-state index in [4.69, 9.17) is 4.74 Å². The monoisotopic (exact) mass is 384 g/mol. The summed E-state index contributed by atoms with van der Waals surface area (Å²) in [5.41, 5.74) is 4.92. The SMILES string of the molecule is CC1(Cn2cc(-c3ccc(C#N)nc3-c3ccn4ccnc4c3)cn2)CCOC1. The topological polar surface area (TPSA) is 81.0 Å². The molecule has 0 aromatic carbocycles. The maximum Gasteiger partial charge on any atom is 0.141 e. The maximum absolute atomic E-state index is 9.34. The van der Waals surface area contributed by atoms with Crippen molar-refractivity contribution in [1.29, 1.82) is 5.26 Å². The molecule has 1 unspecified atom stereocenters. The number of rotatable bonds is 4. The lowest BCUT2D eigenvalue weighted by molar-refractivity contribution is 0.147. The minimum absolute atomic E-state index is 0.112. The first-order valence-electron chi connectivity index (χ1n) is 9.58. The van der Waals surface area contributed by atoms with Crippen LogP contribution >= 0.6 is 0 Å². The van der Waals surface area contributed by atoms with Crippen LogP contribution in [0.15, 0.2) is 55.2 Å². The van der Waals surface area contributed by atoms with Crippen molar-refractivity contribution < 1.29 is 4.74 Å². The van der Waals surface area contributed by atoms with Gasteiger partial charge in [0, 0.05) is 60.0 Å². The van der Waals surface area contributed by atoms with Crippen molar-refractivity contribution in [2.24, 2.45) is 5.41 Å². The molecular formula is C22H20N6O. The quantitative estimate of drug-likeness (QED) is 0.537. The molecule has 4 aromatic heterocycles. The molecule has 1 aliphatic rings. The number of pyridine rings is 2. The fraction of sp³-hybridized carbons (Fsp3) is 0.273. The molecule has 0 N–H and O–H groups in total. The molecular weight excluding hydrogens is 364 g/mol. The van der Waals surface area contributed by atoms with Gasteiger partial charge in [0.2, 0.25) is 0 Å². The zero-order chi connectivity index (χ0) is 19.8. The van der Waals surface area contributed by atoms with E-state index < -0.39 is 0 Å².